The summed E-state index contributed by atoms with van der Waals surface area (Å²) in [4.78, 5) is 24.7. The van der Waals surface area contributed by atoms with Gasteiger partial charge in [0.1, 0.15) is 5.75 Å². The lowest BCUT2D eigenvalue weighted by molar-refractivity contribution is -0.274. The molecule has 0 radical (unpaired) electrons. The molecule has 5 nitrogen and oxygen atoms in total. The Morgan fingerprint density at radius 1 is 1.25 bits per heavy atom. The van der Waals surface area contributed by atoms with Crippen molar-refractivity contribution in [2.75, 3.05) is 13.1 Å². The van der Waals surface area contributed by atoms with Gasteiger partial charge in [-0.05, 0) is 49.4 Å². The van der Waals surface area contributed by atoms with Crippen LogP contribution < -0.4 is 4.74 Å². The Hall–Kier alpha value is -2.25. The molecule has 0 spiro atoms. The average Bonchev–Trinajstić information content (AvgIpc) is 2.52. The summed E-state index contributed by atoms with van der Waals surface area (Å²) < 4.78 is 40.1. The number of alkyl halides is 3. The highest BCUT2D eigenvalue weighted by Crippen LogP contribution is 2.25. The molecule has 1 aliphatic rings. The summed E-state index contributed by atoms with van der Waals surface area (Å²) >= 11 is 0. The fourth-order valence-corrected chi connectivity index (χ4v) is 2.79. The van der Waals surface area contributed by atoms with E-state index in [0.717, 1.165) is 25.0 Å². The number of hydrogen-bond donors (Lipinski definition) is 1. The van der Waals surface area contributed by atoms with E-state index in [4.69, 9.17) is 5.11 Å². The van der Waals surface area contributed by atoms with Gasteiger partial charge in [-0.3, -0.25) is 9.59 Å². The lowest BCUT2D eigenvalue weighted by atomic mass is 9.93. The van der Waals surface area contributed by atoms with Crippen LogP contribution in [0.2, 0.25) is 0 Å². The molecule has 1 unspecified atom stereocenters. The molecule has 1 fully saturated rings. The molecule has 8 heteroatoms. The molecule has 1 saturated heterocycles. The van der Waals surface area contributed by atoms with Crippen LogP contribution in [-0.4, -0.2) is 41.3 Å². The van der Waals surface area contributed by atoms with Crippen LogP contribution in [-0.2, 0) is 4.79 Å². The summed E-state index contributed by atoms with van der Waals surface area (Å²) in [5, 5.41) is 8.73. The Balaban J connectivity index is 1.96. The van der Waals surface area contributed by atoms with Crippen LogP contribution in [0.25, 0.3) is 0 Å². The third-order valence-electron chi connectivity index (χ3n) is 3.91. The zero-order chi connectivity index (χ0) is 17.7. The Kier molecular flexibility index (Phi) is 5.69. The minimum Gasteiger partial charge on any atom is -0.481 e. The van der Waals surface area contributed by atoms with E-state index in [9.17, 15) is 22.8 Å². The predicted octanol–water partition coefficient (Wildman–Crippen LogP) is 3.30. The first-order valence-electron chi connectivity index (χ1n) is 7.61. The molecule has 0 aromatic heterocycles. The van der Waals surface area contributed by atoms with Crippen LogP contribution in [0.15, 0.2) is 24.3 Å². The molecule has 0 saturated carbocycles. The topological polar surface area (TPSA) is 66.8 Å². The number of aliphatic carboxylic acids is 1. The first kappa shape index (κ1) is 18.1. The van der Waals surface area contributed by atoms with Crippen LogP contribution in [0.5, 0.6) is 5.75 Å². The Bertz CT molecular complexity index is 586. The molecule has 0 bridgehead atoms. The summed E-state index contributed by atoms with van der Waals surface area (Å²) in [6.45, 7) is 1.02. The van der Waals surface area contributed by atoms with Crippen molar-refractivity contribution in [1.29, 1.82) is 0 Å². The maximum Gasteiger partial charge on any atom is 0.573 e. The van der Waals surface area contributed by atoms with Gasteiger partial charge in [-0.25, -0.2) is 0 Å². The number of halogens is 3. The van der Waals surface area contributed by atoms with E-state index >= 15 is 0 Å². The molecule has 24 heavy (non-hydrogen) atoms. The fraction of sp³-hybridized carbons (Fsp3) is 0.500. The minimum absolute atomic E-state index is 0.0657. The molecule has 132 valence electrons. The van der Waals surface area contributed by atoms with Crippen LogP contribution in [0.1, 0.15) is 36.0 Å². The van der Waals surface area contributed by atoms with Gasteiger partial charge in [0.2, 0.25) is 0 Å². The Labute approximate surface area is 137 Å². The van der Waals surface area contributed by atoms with Gasteiger partial charge in [0.15, 0.2) is 0 Å². The van der Waals surface area contributed by atoms with E-state index in [1.165, 1.54) is 12.1 Å². The number of likely N-dealkylation sites (tertiary alicyclic amines) is 1. The molecule has 1 atom stereocenters. The second kappa shape index (κ2) is 7.55. The molecule has 1 aromatic carbocycles. The molecule has 1 amide bonds. The number of amides is 1. The average molecular weight is 345 g/mol. The van der Waals surface area contributed by atoms with Gasteiger partial charge < -0.3 is 14.7 Å². The van der Waals surface area contributed by atoms with E-state index in [1.807, 2.05) is 0 Å². The lowest BCUT2D eigenvalue weighted by Crippen LogP contribution is -2.40. The first-order chi connectivity index (χ1) is 11.2. The van der Waals surface area contributed by atoms with Crippen molar-refractivity contribution in [3.05, 3.63) is 29.8 Å². The van der Waals surface area contributed by atoms with Crippen LogP contribution in [0.3, 0.4) is 0 Å². The van der Waals surface area contributed by atoms with Crippen molar-refractivity contribution in [3.63, 3.8) is 0 Å². The maximum atomic E-state index is 12.4. The van der Waals surface area contributed by atoms with Crippen LogP contribution in [0.4, 0.5) is 13.2 Å². The lowest BCUT2D eigenvalue weighted by Gasteiger charge is -2.32. The zero-order valence-electron chi connectivity index (χ0n) is 12.9. The molecule has 0 aliphatic carbocycles. The number of carbonyl (C=O) groups is 2. The molecule has 2 rings (SSSR count). The fourth-order valence-electron chi connectivity index (χ4n) is 2.79. The molecule has 1 heterocycles. The van der Waals surface area contributed by atoms with Crippen molar-refractivity contribution in [2.45, 2.75) is 32.0 Å². The van der Waals surface area contributed by atoms with Gasteiger partial charge in [-0.15, -0.1) is 13.2 Å². The highest BCUT2D eigenvalue weighted by molar-refractivity contribution is 5.94. The van der Waals surface area contributed by atoms with Crippen molar-refractivity contribution in [2.24, 2.45) is 5.92 Å². The second-order valence-corrected chi connectivity index (χ2v) is 5.76. The van der Waals surface area contributed by atoms with E-state index in [-0.39, 0.29) is 29.6 Å². The largest absolute Gasteiger partial charge is 0.573 e. The Morgan fingerprint density at radius 2 is 1.92 bits per heavy atom. The van der Waals surface area contributed by atoms with Gasteiger partial charge in [-0.2, -0.15) is 0 Å². The summed E-state index contributed by atoms with van der Waals surface area (Å²) in [6, 6.07) is 4.80. The van der Waals surface area contributed by atoms with Gasteiger partial charge in [-0.1, -0.05) is 0 Å². The second-order valence-electron chi connectivity index (χ2n) is 5.76. The van der Waals surface area contributed by atoms with Crippen LogP contribution in [0, 0.1) is 5.92 Å². The molecular formula is C16H18F3NO4. The van der Waals surface area contributed by atoms with Crippen molar-refractivity contribution < 1.29 is 32.6 Å². The number of benzene rings is 1. The quantitative estimate of drug-likeness (QED) is 0.889. The number of nitrogens with zero attached hydrogens (tertiary/aromatic N) is 1. The van der Waals surface area contributed by atoms with Crippen molar-refractivity contribution in [3.8, 4) is 5.75 Å². The number of carboxylic acid groups (broad SMARTS) is 1. The smallest absolute Gasteiger partial charge is 0.481 e. The molecule has 1 aliphatic heterocycles. The summed E-state index contributed by atoms with van der Waals surface area (Å²) in [7, 11) is 0. The van der Waals surface area contributed by atoms with Gasteiger partial charge in [0.25, 0.3) is 5.91 Å². The molecular weight excluding hydrogens is 327 g/mol. The summed E-state index contributed by atoms with van der Waals surface area (Å²) in [6.07, 6.45) is -2.54. The first-order valence-corrected chi connectivity index (χ1v) is 7.61. The molecule has 1 N–H and O–H groups in total. The van der Waals surface area contributed by atoms with Crippen molar-refractivity contribution >= 4 is 11.9 Å². The third-order valence-corrected chi connectivity index (χ3v) is 3.91. The number of rotatable bonds is 5. The summed E-state index contributed by atoms with van der Waals surface area (Å²) in [5.74, 6) is -1.38. The van der Waals surface area contributed by atoms with Crippen molar-refractivity contribution in [1.82, 2.24) is 4.90 Å². The SMILES string of the molecule is O=C(O)CCC1CCCN(C(=O)c2ccc(OC(F)(F)F)cc2)C1. The van der Waals surface area contributed by atoms with E-state index in [0.29, 0.717) is 19.5 Å². The van der Waals surface area contributed by atoms with E-state index in [1.54, 1.807) is 4.90 Å². The summed E-state index contributed by atoms with van der Waals surface area (Å²) in [5.41, 5.74) is 0.281. The van der Waals surface area contributed by atoms with Gasteiger partial charge in [0.05, 0.1) is 0 Å². The standard InChI is InChI=1S/C16H18F3NO4/c17-16(18,19)24-13-6-4-12(5-7-13)15(23)20-9-1-2-11(10-20)3-8-14(21)22/h4-7,11H,1-3,8-10H2,(H,21,22). The highest BCUT2D eigenvalue weighted by atomic mass is 19.4. The number of carbonyl (C=O) groups excluding carboxylic acids is 1. The monoisotopic (exact) mass is 345 g/mol. The predicted molar refractivity (Wildman–Crippen MR) is 78.6 cm³/mol. The molecule has 1 aromatic rings. The van der Waals surface area contributed by atoms with Gasteiger partial charge in [0, 0.05) is 25.1 Å². The maximum absolute atomic E-state index is 12.4. The third kappa shape index (κ3) is 5.43. The normalized spacial score (nSPS) is 18.3. The Morgan fingerprint density at radius 3 is 2.50 bits per heavy atom. The number of carboxylic acids is 1. The van der Waals surface area contributed by atoms with E-state index < -0.39 is 12.3 Å². The van der Waals surface area contributed by atoms with E-state index in [2.05, 4.69) is 4.74 Å². The number of hydrogen-bond acceptors (Lipinski definition) is 3. The highest BCUT2D eigenvalue weighted by Gasteiger charge is 2.31. The van der Waals surface area contributed by atoms with Gasteiger partial charge >= 0.3 is 12.3 Å². The number of piperidine rings is 1. The number of ether oxygens (including phenoxy) is 1. The van der Waals surface area contributed by atoms with Crippen LogP contribution >= 0.6 is 0 Å². The zero-order valence-corrected chi connectivity index (χ0v) is 12.9. The minimum atomic E-state index is -4.77.